The van der Waals surface area contributed by atoms with Crippen LogP contribution in [-0.4, -0.2) is 86.7 Å². The smallest absolute Gasteiger partial charge is 0.265 e. The molecule has 2 aromatic carbocycles. The number of aromatic nitrogens is 18. The van der Waals surface area contributed by atoms with Gasteiger partial charge in [0.2, 0.25) is 0 Å². The zero-order valence-corrected chi connectivity index (χ0v) is 50.9. The summed E-state index contributed by atoms with van der Waals surface area (Å²) in [5.41, 5.74) is 2.62. The van der Waals surface area contributed by atoms with Crippen LogP contribution < -0.4 is 28.4 Å². The molecule has 0 aliphatic carbocycles. The summed E-state index contributed by atoms with van der Waals surface area (Å²) in [7, 11) is 0. The fraction of sp³-hybridized carbons (Fsp3) is 0.242. The fourth-order valence-electron chi connectivity index (χ4n) is 6.64. The molecule has 0 unspecified atom stereocenters. The predicted molar refractivity (Wildman–Crippen MR) is 341 cm³/mol. The first kappa shape index (κ1) is 70.4. The Balaban J connectivity index is 0.000000352. The first-order valence-corrected chi connectivity index (χ1v) is 27.8. The predicted octanol–water partition coefficient (Wildman–Crippen LogP) is 10.0. The Hall–Kier alpha value is -10.7. The van der Waals surface area contributed by atoms with E-state index in [1.807, 2.05) is 157 Å². The first-order chi connectivity index (χ1) is 41.6. The molecule has 0 saturated heterocycles. The zero-order valence-electron chi connectivity index (χ0n) is 50.9. The van der Waals surface area contributed by atoms with Gasteiger partial charge in [-0.25, -0.2) is 38.3 Å². The Labute approximate surface area is 495 Å². The molecule has 0 radical (unpaired) electrons. The average molecular weight is 1160 g/mol. The number of benzene rings is 2. The molecule has 448 valence electrons. The molecule has 10 rings (SSSR count). The highest BCUT2D eigenvalue weighted by atomic mass is 16.2. The quantitative estimate of drug-likeness (QED) is 0.111. The minimum atomic E-state index is -0.230. The Morgan fingerprint density at radius 2 is 0.706 bits per heavy atom. The molecular formula is C62H80N18O5. The molecule has 85 heavy (non-hydrogen) atoms. The highest BCUT2D eigenvalue weighted by Crippen LogP contribution is 2.03. The van der Waals surface area contributed by atoms with E-state index in [-0.39, 0.29) is 28.4 Å². The van der Waals surface area contributed by atoms with Crippen LogP contribution in [0.4, 0.5) is 0 Å². The maximum absolute atomic E-state index is 11.8. The molecule has 23 nitrogen and oxygen atoms in total. The number of hydrogen-bond acceptors (Lipinski definition) is 13. The molecule has 8 heterocycles. The molecule has 0 fully saturated rings. The van der Waals surface area contributed by atoms with Crippen LogP contribution >= 0.6 is 0 Å². The number of nitrogens with zero attached hydrogens (tertiary/aromatic N) is 18. The molecule has 0 aliphatic heterocycles. The van der Waals surface area contributed by atoms with Crippen LogP contribution in [0.2, 0.25) is 0 Å². The lowest BCUT2D eigenvalue weighted by atomic mass is 10.2. The molecule has 0 saturated carbocycles. The Bertz CT molecular complexity index is 3480. The average Bonchev–Trinajstić information content (AvgIpc) is 4.10. The summed E-state index contributed by atoms with van der Waals surface area (Å²) in [5, 5.41) is 20.0. The topological polar surface area (TPSA) is 238 Å². The number of allylic oxidation sites excluding steroid dienone is 5. The normalized spacial score (nSPS) is 10.3. The molecule has 0 spiro atoms. The van der Waals surface area contributed by atoms with Gasteiger partial charge in [0.1, 0.15) is 31.6 Å². The number of hydrogen-bond donors (Lipinski definition) is 0. The van der Waals surface area contributed by atoms with Crippen LogP contribution in [0.5, 0.6) is 0 Å². The minimum Gasteiger partial charge on any atom is -0.265 e. The molecule has 0 atom stereocenters. The van der Waals surface area contributed by atoms with Crippen molar-refractivity contribution >= 4 is 31.0 Å². The molecule has 10 aromatic rings. The van der Waals surface area contributed by atoms with Crippen molar-refractivity contribution in [2.24, 2.45) is 0 Å². The second kappa shape index (κ2) is 41.3. The van der Waals surface area contributed by atoms with E-state index in [9.17, 15) is 24.0 Å². The Morgan fingerprint density at radius 3 is 1.08 bits per heavy atom. The van der Waals surface area contributed by atoms with Crippen molar-refractivity contribution in [3.63, 3.8) is 0 Å². The van der Waals surface area contributed by atoms with Gasteiger partial charge >= 0.3 is 28.4 Å². The van der Waals surface area contributed by atoms with E-state index in [0.29, 0.717) is 30.3 Å². The van der Waals surface area contributed by atoms with Crippen LogP contribution in [-0.2, 0) is 13.1 Å². The summed E-state index contributed by atoms with van der Waals surface area (Å²) in [6.45, 7) is 26.3. The van der Waals surface area contributed by atoms with E-state index < -0.39 is 0 Å². The third-order valence-corrected chi connectivity index (χ3v) is 10.2. The highest BCUT2D eigenvalue weighted by Gasteiger charge is 2.08. The lowest BCUT2D eigenvalue weighted by molar-refractivity contribution is 0.655. The van der Waals surface area contributed by atoms with Crippen LogP contribution in [0.1, 0.15) is 101 Å². The molecule has 23 heteroatoms. The fourth-order valence-corrected chi connectivity index (χ4v) is 6.64. The van der Waals surface area contributed by atoms with Crippen molar-refractivity contribution in [2.45, 2.75) is 103 Å². The maximum atomic E-state index is 11.8. The molecular weight excluding hydrogens is 1080 g/mol. The van der Waals surface area contributed by atoms with Crippen molar-refractivity contribution in [1.29, 1.82) is 0 Å². The van der Waals surface area contributed by atoms with Crippen molar-refractivity contribution in [2.75, 3.05) is 0 Å². The SMILES string of the molecule is C/C=C\n1cnn(-c2ccccn2)c1=O.C/C=C\n1cnn(-c2cccnc2)c1=O.C/C=C\n1cnn(-c2ccncc2)c1=O.C/C=C\n1cnn(Cc2ccccc2)c1=O.C/C=C\n1cnn(Cc2ccccc2)c1=O.CC.CC.CC.CC. The third-order valence-electron chi connectivity index (χ3n) is 10.2. The van der Waals surface area contributed by atoms with Gasteiger partial charge in [0.15, 0.2) is 5.82 Å². The van der Waals surface area contributed by atoms with Gasteiger partial charge in [-0.2, -0.15) is 39.5 Å². The Morgan fingerprint density at radius 1 is 0.341 bits per heavy atom. The van der Waals surface area contributed by atoms with E-state index in [0.717, 1.165) is 11.1 Å². The van der Waals surface area contributed by atoms with E-state index >= 15 is 0 Å². The standard InChI is InChI=1S/2C12H13N3O.3C10H10N4O.4C2H6/c2*1-2-8-14-10-13-15(12(14)16)9-11-6-4-3-5-7-11;1-2-7-13-8-12-14(10(13)15)9-3-5-11-6-4-9;1-2-7-13-8-12-14(10(13)15)9-5-3-4-6-11-9;1-2-6-13-8-12-14(10(13)15)9-4-3-5-11-7-9;4*1-2/h2*2-8,10H,9H2,1H3;3*2-8H,1H3;4*1-2H3/b2*8-2-;2*7-2-;6-2-;;;;. The number of rotatable bonds is 12. The summed E-state index contributed by atoms with van der Waals surface area (Å²) in [4.78, 5) is 70.6. The monoisotopic (exact) mass is 1160 g/mol. The number of pyridine rings is 3. The summed E-state index contributed by atoms with van der Waals surface area (Å²) >= 11 is 0. The van der Waals surface area contributed by atoms with Gasteiger partial charge in [-0.15, -0.1) is 0 Å². The first-order valence-electron chi connectivity index (χ1n) is 27.8. The van der Waals surface area contributed by atoms with Gasteiger partial charge in [-0.05, 0) is 82.1 Å². The lowest BCUT2D eigenvalue weighted by Crippen LogP contribution is -2.22. The molecule has 0 aliphatic rings. The van der Waals surface area contributed by atoms with E-state index in [1.165, 1.54) is 77.9 Å². The van der Waals surface area contributed by atoms with E-state index in [4.69, 9.17) is 0 Å². The lowest BCUT2D eigenvalue weighted by Gasteiger charge is -1.98. The summed E-state index contributed by atoms with van der Waals surface area (Å²) in [6.07, 6.45) is 32.8. The summed E-state index contributed by atoms with van der Waals surface area (Å²) in [6, 6.07) is 31.9. The molecule has 0 amide bonds. The van der Waals surface area contributed by atoms with E-state index in [1.54, 1.807) is 129 Å². The van der Waals surface area contributed by atoms with Gasteiger partial charge in [-0.3, -0.25) is 32.8 Å². The van der Waals surface area contributed by atoms with Gasteiger partial charge in [-0.1, -0.05) is 153 Å². The largest absolute Gasteiger partial charge is 0.356 e. The third kappa shape index (κ3) is 22.3. The van der Waals surface area contributed by atoms with Crippen molar-refractivity contribution in [3.05, 3.63) is 260 Å². The maximum Gasteiger partial charge on any atom is 0.356 e. The molecule has 0 bridgehead atoms. The molecule has 0 N–H and O–H groups in total. The zero-order chi connectivity index (χ0) is 62.8. The van der Waals surface area contributed by atoms with Crippen molar-refractivity contribution < 1.29 is 0 Å². The second-order valence-corrected chi connectivity index (χ2v) is 15.6. The second-order valence-electron chi connectivity index (χ2n) is 15.6. The highest BCUT2D eigenvalue weighted by molar-refractivity contribution is 5.30. The van der Waals surface area contributed by atoms with Crippen LogP contribution in [0.15, 0.2) is 220 Å². The summed E-state index contributed by atoms with van der Waals surface area (Å²) < 4.78 is 13.9. The van der Waals surface area contributed by atoms with Crippen LogP contribution in [0.3, 0.4) is 0 Å². The van der Waals surface area contributed by atoms with Crippen molar-refractivity contribution in [3.8, 4) is 17.2 Å². The van der Waals surface area contributed by atoms with Gasteiger partial charge in [0.25, 0.3) is 0 Å². The Kier molecular flexibility index (Phi) is 34.2. The summed E-state index contributed by atoms with van der Waals surface area (Å²) in [5.74, 6) is 0.519. The van der Waals surface area contributed by atoms with Gasteiger partial charge < -0.3 is 0 Å². The minimum absolute atomic E-state index is 0.123. The van der Waals surface area contributed by atoms with Crippen LogP contribution in [0, 0.1) is 0 Å². The van der Waals surface area contributed by atoms with Gasteiger partial charge in [0.05, 0.1) is 30.7 Å². The van der Waals surface area contributed by atoms with Crippen molar-refractivity contribution in [1.82, 2.24) is 86.7 Å². The van der Waals surface area contributed by atoms with E-state index in [2.05, 4.69) is 40.4 Å². The molecule has 8 aromatic heterocycles. The van der Waals surface area contributed by atoms with Gasteiger partial charge in [0, 0.05) is 55.8 Å². The van der Waals surface area contributed by atoms with Crippen LogP contribution in [0.25, 0.3) is 48.2 Å².